The molecule has 0 spiro atoms. The predicted octanol–water partition coefficient (Wildman–Crippen LogP) is 2.92. The number of hydrogen-bond acceptors (Lipinski definition) is 3. The second kappa shape index (κ2) is 4.49. The van der Waals surface area contributed by atoms with E-state index in [0.717, 1.165) is 16.8 Å². The van der Waals surface area contributed by atoms with Crippen LogP contribution in [-0.4, -0.2) is 4.98 Å². The first-order valence-electron chi connectivity index (χ1n) is 5.46. The number of benzene rings is 1. The van der Waals surface area contributed by atoms with Crippen molar-refractivity contribution in [2.75, 3.05) is 0 Å². The molecule has 0 aliphatic heterocycles. The maximum atomic E-state index is 5.69. The first-order valence-corrected chi connectivity index (χ1v) is 5.46. The lowest BCUT2D eigenvalue weighted by molar-refractivity contribution is 0.570. The highest BCUT2D eigenvalue weighted by molar-refractivity contribution is 5.58. The van der Waals surface area contributed by atoms with Gasteiger partial charge in [-0.3, -0.25) is 0 Å². The van der Waals surface area contributed by atoms with Gasteiger partial charge in [-0.15, -0.1) is 0 Å². The quantitative estimate of drug-likeness (QED) is 0.858. The fourth-order valence-corrected chi connectivity index (χ4v) is 1.58. The van der Waals surface area contributed by atoms with Crippen molar-refractivity contribution in [2.45, 2.75) is 26.3 Å². The summed E-state index contributed by atoms with van der Waals surface area (Å²) in [7, 11) is 0. The van der Waals surface area contributed by atoms with Crippen LogP contribution < -0.4 is 5.73 Å². The molecule has 16 heavy (non-hydrogen) atoms. The third kappa shape index (κ3) is 1.99. The van der Waals surface area contributed by atoms with Crippen molar-refractivity contribution in [3.63, 3.8) is 0 Å². The minimum absolute atomic E-state index is 0.377. The van der Waals surface area contributed by atoms with Gasteiger partial charge < -0.3 is 10.2 Å². The lowest BCUT2D eigenvalue weighted by atomic mass is 10.1. The van der Waals surface area contributed by atoms with Gasteiger partial charge >= 0.3 is 0 Å². The fraction of sp³-hybridized carbons (Fsp3) is 0.308. The molecule has 0 aliphatic carbocycles. The minimum Gasteiger partial charge on any atom is -0.444 e. The third-order valence-corrected chi connectivity index (χ3v) is 2.58. The summed E-state index contributed by atoms with van der Waals surface area (Å²) >= 11 is 0. The summed E-state index contributed by atoms with van der Waals surface area (Å²) < 4.78 is 5.49. The smallest absolute Gasteiger partial charge is 0.226 e. The average molecular weight is 216 g/mol. The zero-order valence-electron chi connectivity index (χ0n) is 9.60. The second-order valence-electron chi connectivity index (χ2n) is 4.09. The molecule has 2 N–H and O–H groups in total. The van der Waals surface area contributed by atoms with Gasteiger partial charge in [-0.2, -0.15) is 0 Å². The van der Waals surface area contributed by atoms with Gasteiger partial charge in [-0.05, 0) is 17.5 Å². The van der Waals surface area contributed by atoms with Crippen molar-refractivity contribution in [3.05, 3.63) is 41.8 Å². The van der Waals surface area contributed by atoms with Gasteiger partial charge in [0.2, 0.25) is 5.89 Å². The van der Waals surface area contributed by atoms with Crippen LogP contribution in [0.25, 0.3) is 11.5 Å². The minimum atomic E-state index is 0.377. The summed E-state index contributed by atoms with van der Waals surface area (Å²) in [5, 5.41) is 0. The molecule has 0 aliphatic rings. The highest BCUT2D eigenvalue weighted by Gasteiger charge is 2.11. The molecule has 0 unspecified atom stereocenters. The summed E-state index contributed by atoms with van der Waals surface area (Å²) in [6.07, 6.45) is 1.72. The van der Waals surface area contributed by atoms with E-state index in [2.05, 4.69) is 18.8 Å². The maximum Gasteiger partial charge on any atom is 0.226 e. The summed E-state index contributed by atoms with van der Waals surface area (Å²) in [5.74, 6) is 1.03. The fourth-order valence-electron chi connectivity index (χ4n) is 1.58. The van der Waals surface area contributed by atoms with Gasteiger partial charge in [0.05, 0.1) is 5.69 Å². The maximum absolute atomic E-state index is 5.69. The van der Waals surface area contributed by atoms with E-state index < -0.39 is 0 Å². The number of hydrogen-bond donors (Lipinski definition) is 1. The van der Waals surface area contributed by atoms with Crippen molar-refractivity contribution >= 4 is 0 Å². The monoisotopic (exact) mass is 216 g/mol. The van der Waals surface area contributed by atoms with E-state index in [-0.39, 0.29) is 0 Å². The van der Waals surface area contributed by atoms with Crippen LogP contribution >= 0.6 is 0 Å². The lowest BCUT2D eigenvalue weighted by Crippen LogP contribution is -1.98. The Bertz CT molecular complexity index is 474. The molecular formula is C13H16N2O. The van der Waals surface area contributed by atoms with E-state index >= 15 is 0 Å². The van der Waals surface area contributed by atoms with Crippen LogP contribution in [0.1, 0.15) is 31.0 Å². The van der Waals surface area contributed by atoms with Crippen LogP contribution in [0, 0.1) is 0 Å². The molecule has 84 valence electrons. The Morgan fingerprint density at radius 3 is 2.69 bits per heavy atom. The second-order valence-corrected chi connectivity index (χ2v) is 4.09. The van der Waals surface area contributed by atoms with Crippen molar-refractivity contribution in [1.29, 1.82) is 0 Å². The first kappa shape index (κ1) is 10.9. The van der Waals surface area contributed by atoms with E-state index in [1.54, 1.807) is 6.26 Å². The molecule has 0 radical (unpaired) electrons. The molecule has 3 nitrogen and oxygen atoms in total. The number of nitrogens with two attached hydrogens (primary N) is 1. The first-order chi connectivity index (χ1) is 7.72. The predicted molar refractivity (Wildman–Crippen MR) is 63.9 cm³/mol. The molecule has 0 amide bonds. The molecule has 2 rings (SSSR count). The number of aromatic nitrogens is 1. The molecule has 0 atom stereocenters. The Labute approximate surface area is 95.3 Å². The summed E-state index contributed by atoms with van der Waals surface area (Å²) in [4.78, 5) is 4.47. The van der Waals surface area contributed by atoms with Crippen molar-refractivity contribution in [2.24, 2.45) is 5.73 Å². The summed E-state index contributed by atoms with van der Waals surface area (Å²) in [6, 6.07) is 7.92. The molecular weight excluding hydrogens is 200 g/mol. The molecule has 0 saturated heterocycles. The summed E-state index contributed by atoms with van der Waals surface area (Å²) in [5.41, 5.74) is 8.70. The molecule has 0 saturated carbocycles. The van der Waals surface area contributed by atoms with E-state index in [1.165, 1.54) is 0 Å². The zero-order chi connectivity index (χ0) is 11.5. The Hall–Kier alpha value is -1.61. The molecule has 3 heteroatoms. The van der Waals surface area contributed by atoms with Gasteiger partial charge in [0.25, 0.3) is 0 Å². The van der Waals surface area contributed by atoms with Crippen LogP contribution in [0.2, 0.25) is 0 Å². The average Bonchev–Trinajstić information content (AvgIpc) is 2.78. The zero-order valence-corrected chi connectivity index (χ0v) is 9.60. The van der Waals surface area contributed by atoms with Crippen molar-refractivity contribution < 1.29 is 4.42 Å². The Kier molecular flexibility index (Phi) is 3.06. The SMILES string of the molecule is CC(C)c1coc(-c2ccccc2CN)n1. The topological polar surface area (TPSA) is 52.0 Å². The van der Waals surface area contributed by atoms with Gasteiger partial charge in [-0.1, -0.05) is 32.0 Å². The van der Waals surface area contributed by atoms with Crippen LogP contribution in [-0.2, 0) is 6.54 Å². The molecule has 0 bridgehead atoms. The number of rotatable bonds is 3. The van der Waals surface area contributed by atoms with E-state index in [1.807, 2.05) is 24.3 Å². The highest BCUT2D eigenvalue weighted by Crippen LogP contribution is 2.24. The Morgan fingerprint density at radius 1 is 1.31 bits per heavy atom. The molecule has 2 aromatic rings. The van der Waals surface area contributed by atoms with Gasteiger partial charge in [0.1, 0.15) is 6.26 Å². The van der Waals surface area contributed by atoms with E-state index in [0.29, 0.717) is 18.4 Å². The Morgan fingerprint density at radius 2 is 2.06 bits per heavy atom. The lowest BCUT2D eigenvalue weighted by Gasteiger charge is -2.02. The number of oxazole rings is 1. The van der Waals surface area contributed by atoms with E-state index in [9.17, 15) is 0 Å². The molecule has 1 aromatic carbocycles. The Balaban J connectivity index is 2.42. The van der Waals surface area contributed by atoms with Crippen molar-refractivity contribution in [1.82, 2.24) is 4.98 Å². The molecule has 1 heterocycles. The van der Waals surface area contributed by atoms with Crippen LogP contribution in [0.3, 0.4) is 0 Å². The third-order valence-electron chi connectivity index (χ3n) is 2.58. The van der Waals surface area contributed by atoms with E-state index in [4.69, 9.17) is 10.2 Å². The van der Waals surface area contributed by atoms with Crippen LogP contribution in [0.5, 0.6) is 0 Å². The van der Waals surface area contributed by atoms with Crippen molar-refractivity contribution in [3.8, 4) is 11.5 Å². The highest BCUT2D eigenvalue weighted by atomic mass is 16.3. The van der Waals surface area contributed by atoms with Gasteiger partial charge in [0, 0.05) is 12.1 Å². The van der Waals surface area contributed by atoms with Crippen LogP contribution in [0.4, 0.5) is 0 Å². The van der Waals surface area contributed by atoms with Crippen LogP contribution in [0.15, 0.2) is 34.9 Å². The number of nitrogens with zero attached hydrogens (tertiary/aromatic N) is 1. The molecule has 0 fully saturated rings. The summed E-state index contributed by atoms with van der Waals surface area (Å²) in [6.45, 7) is 4.68. The molecule has 1 aromatic heterocycles. The standard InChI is InChI=1S/C13H16N2O/c1-9(2)12-8-16-13(15-12)11-6-4-3-5-10(11)7-14/h3-6,8-9H,7,14H2,1-2H3. The van der Waals surface area contributed by atoms with Gasteiger partial charge in [0.15, 0.2) is 0 Å². The normalized spacial score (nSPS) is 11.0. The van der Waals surface area contributed by atoms with Gasteiger partial charge in [-0.25, -0.2) is 4.98 Å². The largest absolute Gasteiger partial charge is 0.444 e.